The standard InChI is InChI=1S/C22H10N14O18/c37-28(38)8-1-11(31(43)44)19(12(2-8)32(45)46)23-17-7-18(24-20-13(33(47)48)3-9(29(39)40)4-14(20)34(49)50)26-22(25-17)27-21-15(35(51)52)5-10(30(41)42)6-16(21)36(53)54/h1-7H,(H3,23,24,25,26,27). The molecule has 0 atom stereocenters. The first kappa shape index (κ1) is 37.6. The Morgan fingerprint density at radius 3 is 0.759 bits per heavy atom. The van der Waals surface area contributed by atoms with Crippen molar-refractivity contribution in [2.75, 3.05) is 16.0 Å². The topological polar surface area (TPSA) is 450 Å². The van der Waals surface area contributed by atoms with Crippen LogP contribution in [0.2, 0.25) is 0 Å². The quantitative estimate of drug-likeness (QED) is 0.107. The van der Waals surface area contributed by atoms with Gasteiger partial charge in [0.1, 0.15) is 11.6 Å². The zero-order valence-corrected chi connectivity index (χ0v) is 25.3. The lowest BCUT2D eigenvalue weighted by molar-refractivity contribution is -0.402. The van der Waals surface area contributed by atoms with Crippen LogP contribution >= 0.6 is 0 Å². The Morgan fingerprint density at radius 1 is 0.333 bits per heavy atom. The number of non-ortho nitro benzene ring substituents is 3. The fourth-order valence-electron chi connectivity index (χ4n) is 4.36. The summed E-state index contributed by atoms with van der Waals surface area (Å²) in [6.45, 7) is 0. The fraction of sp³-hybridized carbons (Fsp3) is 0. The molecule has 0 saturated carbocycles. The van der Waals surface area contributed by atoms with E-state index in [0.717, 1.165) is 0 Å². The minimum absolute atomic E-state index is 0.268. The highest BCUT2D eigenvalue weighted by Crippen LogP contribution is 2.44. The Morgan fingerprint density at radius 2 is 0.556 bits per heavy atom. The van der Waals surface area contributed by atoms with Gasteiger partial charge in [-0.05, 0) is 0 Å². The molecule has 0 radical (unpaired) electrons. The third-order valence-corrected chi connectivity index (χ3v) is 6.53. The second-order valence-corrected chi connectivity index (χ2v) is 9.73. The van der Waals surface area contributed by atoms with Crippen LogP contribution in [0.1, 0.15) is 0 Å². The Balaban J connectivity index is 2.06. The predicted molar refractivity (Wildman–Crippen MR) is 171 cm³/mol. The summed E-state index contributed by atoms with van der Waals surface area (Å²) < 4.78 is 0. The molecule has 0 spiro atoms. The number of anilines is 6. The zero-order chi connectivity index (χ0) is 40.3. The maximum atomic E-state index is 11.8. The van der Waals surface area contributed by atoms with Gasteiger partial charge in [0.15, 0.2) is 17.1 Å². The van der Waals surface area contributed by atoms with Crippen LogP contribution in [0.25, 0.3) is 0 Å². The Kier molecular flexibility index (Phi) is 9.95. The van der Waals surface area contributed by atoms with Gasteiger partial charge >= 0.3 is 34.1 Å². The minimum atomic E-state index is -1.35. The van der Waals surface area contributed by atoms with E-state index in [0.29, 0.717) is 6.07 Å². The molecule has 54 heavy (non-hydrogen) atoms. The number of rotatable bonds is 15. The summed E-state index contributed by atoms with van der Waals surface area (Å²) in [4.78, 5) is 101. The van der Waals surface area contributed by atoms with Crippen molar-refractivity contribution in [3.8, 4) is 0 Å². The molecule has 0 amide bonds. The summed E-state index contributed by atoms with van der Waals surface area (Å²) >= 11 is 0. The summed E-state index contributed by atoms with van der Waals surface area (Å²) in [5, 5.41) is 111. The van der Waals surface area contributed by atoms with E-state index in [1.165, 1.54) is 0 Å². The van der Waals surface area contributed by atoms with E-state index in [2.05, 4.69) is 20.6 Å². The largest absolute Gasteiger partial charge is 0.329 e. The highest BCUT2D eigenvalue weighted by atomic mass is 16.7. The van der Waals surface area contributed by atoms with Gasteiger partial charge in [0.2, 0.25) is 5.95 Å². The lowest BCUT2D eigenvalue weighted by atomic mass is 10.2. The van der Waals surface area contributed by atoms with E-state index in [1.54, 1.807) is 0 Å². The molecule has 4 rings (SSSR count). The molecule has 0 aliphatic carbocycles. The monoisotopic (exact) mass is 758 g/mol. The van der Waals surface area contributed by atoms with Crippen molar-refractivity contribution >= 4 is 85.8 Å². The van der Waals surface area contributed by atoms with Crippen LogP contribution in [-0.4, -0.2) is 54.3 Å². The van der Waals surface area contributed by atoms with Gasteiger partial charge in [-0.1, -0.05) is 0 Å². The molecule has 1 aromatic heterocycles. The molecule has 1 heterocycles. The van der Waals surface area contributed by atoms with Gasteiger partial charge in [-0.2, -0.15) is 9.97 Å². The summed E-state index contributed by atoms with van der Waals surface area (Å²) in [5.41, 5.74) is -14.9. The maximum absolute atomic E-state index is 11.8. The Labute approximate surface area is 290 Å². The van der Waals surface area contributed by atoms with Crippen molar-refractivity contribution in [3.05, 3.63) is 133 Å². The fourth-order valence-corrected chi connectivity index (χ4v) is 4.36. The Bertz CT molecular complexity index is 2020. The molecule has 4 aromatic rings. The number of hydrogen-bond acceptors (Lipinski definition) is 23. The smallest absolute Gasteiger partial charge is 0.306 e. The van der Waals surface area contributed by atoms with Gasteiger partial charge in [0.25, 0.3) is 17.1 Å². The van der Waals surface area contributed by atoms with Gasteiger partial charge in [0, 0.05) is 6.07 Å². The number of nitrogens with one attached hydrogen (secondary N) is 3. The number of nitrogens with zero attached hydrogens (tertiary/aromatic N) is 11. The maximum Gasteiger partial charge on any atom is 0.306 e. The molecule has 3 N–H and O–H groups in total. The van der Waals surface area contributed by atoms with E-state index in [1.807, 2.05) is 5.32 Å². The molecular formula is C22H10N14O18. The molecule has 0 unspecified atom stereocenters. The van der Waals surface area contributed by atoms with E-state index < -0.39 is 130 Å². The number of aromatic nitrogens is 2. The van der Waals surface area contributed by atoms with E-state index in [9.17, 15) is 91.0 Å². The van der Waals surface area contributed by atoms with Gasteiger partial charge in [-0.15, -0.1) is 0 Å². The third-order valence-electron chi connectivity index (χ3n) is 6.53. The first-order valence-electron chi connectivity index (χ1n) is 13.2. The predicted octanol–water partition coefficient (Wildman–Crippen LogP) is 4.88. The molecule has 32 heteroatoms. The van der Waals surface area contributed by atoms with Crippen molar-refractivity contribution in [3.63, 3.8) is 0 Å². The second-order valence-electron chi connectivity index (χ2n) is 9.73. The van der Waals surface area contributed by atoms with Crippen LogP contribution in [-0.2, 0) is 0 Å². The van der Waals surface area contributed by atoms with Crippen molar-refractivity contribution < 1.29 is 44.3 Å². The van der Waals surface area contributed by atoms with Crippen LogP contribution in [0.15, 0.2) is 42.5 Å². The third kappa shape index (κ3) is 7.64. The summed E-state index contributed by atoms with van der Waals surface area (Å²) in [7, 11) is 0. The molecule has 0 aliphatic rings. The van der Waals surface area contributed by atoms with Gasteiger partial charge in [-0.3, -0.25) is 91.0 Å². The minimum Gasteiger partial charge on any atom is -0.329 e. The van der Waals surface area contributed by atoms with Gasteiger partial charge in [-0.25, -0.2) is 0 Å². The molecule has 276 valence electrons. The van der Waals surface area contributed by atoms with Crippen molar-refractivity contribution in [2.45, 2.75) is 0 Å². The van der Waals surface area contributed by atoms with Crippen molar-refractivity contribution in [1.29, 1.82) is 0 Å². The highest BCUT2D eigenvalue weighted by Gasteiger charge is 2.35. The average molecular weight is 758 g/mol. The lowest BCUT2D eigenvalue weighted by Crippen LogP contribution is -2.10. The first-order chi connectivity index (χ1) is 25.2. The number of nitro groups is 9. The summed E-state index contributed by atoms with van der Waals surface area (Å²) in [5.74, 6) is -2.91. The van der Waals surface area contributed by atoms with E-state index >= 15 is 0 Å². The van der Waals surface area contributed by atoms with Crippen LogP contribution in [0.5, 0.6) is 0 Å². The average Bonchev–Trinajstić information content (AvgIpc) is 3.07. The Hall–Kier alpha value is -9.26. The van der Waals surface area contributed by atoms with Crippen LogP contribution in [0, 0.1) is 91.0 Å². The highest BCUT2D eigenvalue weighted by molar-refractivity contribution is 5.85. The zero-order valence-electron chi connectivity index (χ0n) is 25.3. The molecule has 32 nitrogen and oxygen atoms in total. The molecule has 0 aliphatic heterocycles. The van der Waals surface area contributed by atoms with Crippen LogP contribution < -0.4 is 16.0 Å². The normalized spacial score (nSPS) is 10.4. The van der Waals surface area contributed by atoms with Crippen molar-refractivity contribution in [1.82, 2.24) is 9.97 Å². The number of benzene rings is 3. The van der Waals surface area contributed by atoms with Crippen LogP contribution in [0.4, 0.5) is 85.8 Å². The summed E-state index contributed by atoms with van der Waals surface area (Å²) in [6.07, 6.45) is 0. The van der Waals surface area contributed by atoms with E-state index in [4.69, 9.17) is 0 Å². The first-order valence-corrected chi connectivity index (χ1v) is 13.2. The van der Waals surface area contributed by atoms with Gasteiger partial charge < -0.3 is 16.0 Å². The molecule has 0 fully saturated rings. The second kappa shape index (κ2) is 14.3. The summed E-state index contributed by atoms with van der Waals surface area (Å²) in [6, 6.07) is 2.23. The SMILES string of the molecule is O=[N+]([O-])c1cc([N+](=O)[O-])c(Nc2cc(Nc3c([N+](=O)[O-])cc([N+](=O)[O-])cc3[N+](=O)[O-])nc(Nc3c([N+](=O)[O-])cc([N+](=O)[O-])cc3[N+](=O)[O-])n2)c([N+](=O)[O-])c1. The number of hydrogen-bond donors (Lipinski definition) is 3. The number of nitro benzene ring substituents is 9. The van der Waals surface area contributed by atoms with Crippen molar-refractivity contribution in [2.24, 2.45) is 0 Å². The molecule has 0 saturated heterocycles. The van der Waals surface area contributed by atoms with Gasteiger partial charge in [0.05, 0.1) is 80.7 Å². The van der Waals surface area contributed by atoms with Crippen LogP contribution in [0.3, 0.4) is 0 Å². The molecule has 3 aromatic carbocycles. The molecular weight excluding hydrogens is 748 g/mol. The molecule has 0 bridgehead atoms. The van der Waals surface area contributed by atoms with E-state index in [-0.39, 0.29) is 36.4 Å². The lowest BCUT2D eigenvalue weighted by Gasteiger charge is -2.13.